The van der Waals surface area contributed by atoms with Gasteiger partial charge in [-0.15, -0.1) is 0 Å². The molecule has 2 N–H and O–H groups in total. The van der Waals surface area contributed by atoms with Crippen LogP contribution in [0.15, 0.2) is 39.8 Å². The molecule has 0 aliphatic rings. The summed E-state index contributed by atoms with van der Waals surface area (Å²) in [5.41, 5.74) is 2.02. The number of pyridine rings is 1. The first-order valence-electron chi connectivity index (χ1n) is 6.19. The van der Waals surface area contributed by atoms with Crippen LogP contribution in [-0.2, 0) is 16.6 Å². The van der Waals surface area contributed by atoms with Crippen LogP contribution in [-0.4, -0.2) is 18.5 Å². The van der Waals surface area contributed by atoms with Crippen LogP contribution in [0.5, 0.6) is 0 Å². The van der Waals surface area contributed by atoms with E-state index in [4.69, 9.17) is 0 Å². The minimum Gasteiger partial charge on any atom is -0.392 e. The molecule has 0 bridgehead atoms. The van der Waals surface area contributed by atoms with Crippen LogP contribution in [0, 0.1) is 13.8 Å². The molecule has 0 fully saturated rings. The van der Waals surface area contributed by atoms with Crippen molar-refractivity contribution in [1.29, 1.82) is 0 Å². The molecule has 2 aromatic rings. The van der Waals surface area contributed by atoms with Gasteiger partial charge in [0.2, 0.25) is 0 Å². The molecule has 7 heteroatoms. The van der Waals surface area contributed by atoms with Crippen molar-refractivity contribution in [2.24, 2.45) is 0 Å². The third-order valence-corrected chi connectivity index (χ3v) is 5.07. The fraction of sp³-hybridized carbons (Fsp3) is 0.214. The van der Waals surface area contributed by atoms with Crippen LogP contribution in [0.1, 0.15) is 16.7 Å². The Labute approximate surface area is 132 Å². The number of sulfonamides is 1. The fourth-order valence-corrected chi connectivity index (χ4v) is 3.51. The number of aromatic nitrogens is 1. The highest BCUT2D eigenvalue weighted by Gasteiger charge is 2.19. The number of anilines is 1. The predicted octanol–water partition coefficient (Wildman–Crippen LogP) is 2.75. The normalized spacial score (nSPS) is 11.4. The van der Waals surface area contributed by atoms with Crippen LogP contribution in [0.3, 0.4) is 0 Å². The van der Waals surface area contributed by atoms with E-state index in [1.54, 1.807) is 25.1 Å². The second kappa shape index (κ2) is 6.13. The van der Waals surface area contributed by atoms with Crippen LogP contribution in [0.4, 0.5) is 5.82 Å². The van der Waals surface area contributed by atoms with E-state index >= 15 is 0 Å². The average molecular weight is 371 g/mol. The minimum atomic E-state index is -3.75. The van der Waals surface area contributed by atoms with Gasteiger partial charge in [-0.05, 0) is 64.7 Å². The second-order valence-corrected chi connectivity index (χ2v) is 7.23. The van der Waals surface area contributed by atoms with Gasteiger partial charge in [0.15, 0.2) is 0 Å². The van der Waals surface area contributed by atoms with Crippen LogP contribution in [0.25, 0.3) is 0 Å². The number of aryl methyl sites for hydroxylation is 1. The van der Waals surface area contributed by atoms with Crippen LogP contribution >= 0.6 is 15.9 Å². The molecule has 112 valence electrons. The van der Waals surface area contributed by atoms with Gasteiger partial charge in [0.25, 0.3) is 10.0 Å². The van der Waals surface area contributed by atoms with Crippen molar-refractivity contribution in [3.05, 3.63) is 51.6 Å². The van der Waals surface area contributed by atoms with E-state index in [0.717, 1.165) is 10.0 Å². The van der Waals surface area contributed by atoms with Crippen molar-refractivity contribution in [3.8, 4) is 0 Å². The SMILES string of the molecule is Cc1cc(CO)cc(S(=O)(=O)Nc2ccc(Br)cn2)c1C. The Hall–Kier alpha value is -1.44. The maximum atomic E-state index is 12.5. The molecule has 0 aliphatic heterocycles. The zero-order chi connectivity index (χ0) is 15.6. The van der Waals surface area contributed by atoms with Gasteiger partial charge in [-0.3, -0.25) is 4.72 Å². The van der Waals surface area contributed by atoms with Crippen molar-refractivity contribution < 1.29 is 13.5 Å². The highest BCUT2D eigenvalue weighted by molar-refractivity contribution is 9.10. The second-order valence-electron chi connectivity index (χ2n) is 4.66. The van der Waals surface area contributed by atoms with E-state index in [0.29, 0.717) is 11.1 Å². The summed E-state index contributed by atoms with van der Waals surface area (Å²) in [6, 6.07) is 6.52. The lowest BCUT2D eigenvalue weighted by Crippen LogP contribution is -2.16. The van der Waals surface area contributed by atoms with E-state index in [-0.39, 0.29) is 17.3 Å². The summed E-state index contributed by atoms with van der Waals surface area (Å²) in [6.45, 7) is 3.34. The highest BCUT2D eigenvalue weighted by atomic mass is 79.9. The number of nitrogens with zero attached hydrogens (tertiary/aromatic N) is 1. The molecule has 1 heterocycles. The number of aliphatic hydroxyl groups is 1. The maximum Gasteiger partial charge on any atom is 0.263 e. The number of aliphatic hydroxyl groups excluding tert-OH is 1. The quantitative estimate of drug-likeness (QED) is 0.866. The first kappa shape index (κ1) is 15.9. The van der Waals surface area contributed by atoms with E-state index in [2.05, 4.69) is 25.6 Å². The predicted molar refractivity (Wildman–Crippen MR) is 84.6 cm³/mol. The Balaban J connectivity index is 2.44. The van der Waals surface area contributed by atoms with Gasteiger partial charge in [0.1, 0.15) is 5.82 Å². The lowest BCUT2D eigenvalue weighted by atomic mass is 10.1. The molecular formula is C14H15BrN2O3S. The third-order valence-electron chi connectivity index (χ3n) is 3.12. The summed E-state index contributed by atoms with van der Waals surface area (Å²) >= 11 is 3.24. The molecule has 0 spiro atoms. The number of nitrogens with one attached hydrogen (secondary N) is 1. The Morgan fingerprint density at radius 2 is 2.00 bits per heavy atom. The fourth-order valence-electron chi connectivity index (χ4n) is 1.90. The third kappa shape index (κ3) is 3.61. The van der Waals surface area contributed by atoms with Gasteiger partial charge in [0, 0.05) is 10.7 Å². The van der Waals surface area contributed by atoms with Gasteiger partial charge >= 0.3 is 0 Å². The zero-order valence-electron chi connectivity index (χ0n) is 11.6. The molecule has 0 saturated carbocycles. The van der Waals surface area contributed by atoms with Crippen molar-refractivity contribution in [1.82, 2.24) is 4.98 Å². The monoisotopic (exact) mass is 370 g/mol. The number of halogens is 1. The van der Waals surface area contributed by atoms with Gasteiger partial charge in [-0.1, -0.05) is 6.07 Å². The number of hydrogen-bond acceptors (Lipinski definition) is 4. The first-order valence-corrected chi connectivity index (χ1v) is 8.46. The lowest BCUT2D eigenvalue weighted by Gasteiger charge is -2.13. The summed E-state index contributed by atoms with van der Waals surface area (Å²) in [5.74, 6) is 0.240. The van der Waals surface area contributed by atoms with E-state index in [1.165, 1.54) is 12.3 Å². The molecule has 1 aromatic heterocycles. The molecule has 21 heavy (non-hydrogen) atoms. The molecule has 5 nitrogen and oxygen atoms in total. The molecule has 2 rings (SSSR count). The molecule has 0 amide bonds. The summed E-state index contributed by atoms with van der Waals surface area (Å²) in [5, 5.41) is 9.23. The molecule has 0 unspecified atom stereocenters. The van der Waals surface area contributed by atoms with Crippen LogP contribution in [0.2, 0.25) is 0 Å². The molecule has 0 radical (unpaired) electrons. The Bertz CT molecular complexity index is 759. The molecule has 0 saturated heterocycles. The molecule has 0 atom stereocenters. The molecular weight excluding hydrogens is 356 g/mol. The van der Waals surface area contributed by atoms with Crippen molar-refractivity contribution in [2.75, 3.05) is 4.72 Å². The number of rotatable bonds is 4. The van der Waals surface area contributed by atoms with E-state index in [1.807, 2.05) is 6.92 Å². The Morgan fingerprint density at radius 1 is 1.29 bits per heavy atom. The minimum absolute atomic E-state index is 0.149. The standard InChI is InChI=1S/C14H15BrN2O3S/c1-9-5-11(8-18)6-13(10(9)2)21(19,20)17-14-4-3-12(15)7-16-14/h3-7,18H,8H2,1-2H3,(H,16,17). The van der Waals surface area contributed by atoms with Gasteiger partial charge < -0.3 is 5.11 Å². The van der Waals surface area contributed by atoms with E-state index < -0.39 is 10.0 Å². The van der Waals surface area contributed by atoms with Crippen molar-refractivity contribution >= 4 is 31.8 Å². The van der Waals surface area contributed by atoms with Gasteiger partial charge in [-0.2, -0.15) is 0 Å². The lowest BCUT2D eigenvalue weighted by molar-refractivity contribution is 0.281. The smallest absolute Gasteiger partial charge is 0.263 e. The Morgan fingerprint density at radius 3 is 2.57 bits per heavy atom. The van der Waals surface area contributed by atoms with Crippen LogP contribution < -0.4 is 4.72 Å². The molecule has 1 aromatic carbocycles. The average Bonchev–Trinajstić information content (AvgIpc) is 2.43. The van der Waals surface area contributed by atoms with Gasteiger partial charge in [0.05, 0.1) is 11.5 Å². The highest BCUT2D eigenvalue weighted by Crippen LogP contribution is 2.23. The van der Waals surface area contributed by atoms with Gasteiger partial charge in [-0.25, -0.2) is 13.4 Å². The van der Waals surface area contributed by atoms with Crippen molar-refractivity contribution in [2.45, 2.75) is 25.3 Å². The molecule has 0 aliphatic carbocycles. The van der Waals surface area contributed by atoms with E-state index in [9.17, 15) is 13.5 Å². The summed E-state index contributed by atoms with van der Waals surface area (Å²) < 4.78 is 28.2. The number of hydrogen-bond donors (Lipinski definition) is 2. The largest absolute Gasteiger partial charge is 0.392 e. The maximum absolute atomic E-state index is 12.5. The number of benzene rings is 1. The summed E-state index contributed by atoms with van der Waals surface area (Å²) in [7, 11) is -3.75. The Kier molecular flexibility index (Phi) is 4.65. The zero-order valence-corrected chi connectivity index (χ0v) is 14.0. The van der Waals surface area contributed by atoms with Crippen molar-refractivity contribution in [3.63, 3.8) is 0 Å². The summed E-state index contributed by atoms with van der Waals surface area (Å²) in [6.07, 6.45) is 1.51. The first-order chi connectivity index (χ1) is 9.83. The summed E-state index contributed by atoms with van der Waals surface area (Å²) in [4.78, 5) is 4.15. The topological polar surface area (TPSA) is 79.3 Å².